The molecule has 1 aliphatic carbocycles. The minimum absolute atomic E-state index is 0.439. The van der Waals surface area contributed by atoms with Gasteiger partial charge >= 0.3 is 0 Å². The zero-order valence-corrected chi connectivity index (χ0v) is 11.9. The molecule has 1 aromatic rings. The van der Waals surface area contributed by atoms with Crippen LogP contribution >= 0.6 is 0 Å². The number of hydrogen-bond donors (Lipinski definition) is 1. The lowest BCUT2D eigenvalue weighted by Crippen LogP contribution is -2.35. The SMILES string of the molecule is CC(NC1CCC(C(C)C)CC1)c1ccncc1. The molecule has 1 heterocycles. The number of aromatic nitrogens is 1. The average Bonchev–Trinajstić information content (AvgIpc) is 2.40. The largest absolute Gasteiger partial charge is 0.307 e. The second-order valence-electron chi connectivity index (χ2n) is 6.02. The van der Waals surface area contributed by atoms with Gasteiger partial charge in [-0.15, -0.1) is 0 Å². The molecule has 1 fully saturated rings. The average molecular weight is 246 g/mol. The Balaban J connectivity index is 1.81. The van der Waals surface area contributed by atoms with Crippen molar-refractivity contribution in [1.82, 2.24) is 10.3 Å². The van der Waals surface area contributed by atoms with Gasteiger partial charge in [0.15, 0.2) is 0 Å². The van der Waals surface area contributed by atoms with E-state index in [1.54, 1.807) is 0 Å². The zero-order chi connectivity index (χ0) is 13.0. The van der Waals surface area contributed by atoms with Crippen molar-refractivity contribution in [3.05, 3.63) is 30.1 Å². The van der Waals surface area contributed by atoms with E-state index in [-0.39, 0.29) is 0 Å². The number of pyridine rings is 1. The molecule has 1 aliphatic rings. The normalized spacial score (nSPS) is 26.2. The summed E-state index contributed by atoms with van der Waals surface area (Å²) in [4.78, 5) is 4.08. The van der Waals surface area contributed by atoms with E-state index in [4.69, 9.17) is 0 Å². The van der Waals surface area contributed by atoms with Gasteiger partial charge in [-0.3, -0.25) is 4.98 Å². The smallest absolute Gasteiger partial charge is 0.0295 e. The maximum atomic E-state index is 4.08. The minimum Gasteiger partial charge on any atom is -0.307 e. The lowest BCUT2D eigenvalue weighted by Gasteiger charge is -2.33. The minimum atomic E-state index is 0.439. The summed E-state index contributed by atoms with van der Waals surface area (Å²) in [5.41, 5.74) is 1.34. The van der Waals surface area contributed by atoms with Crippen LogP contribution in [0.25, 0.3) is 0 Å². The summed E-state index contributed by atoms with van der Waals surface area (Å²) >= 11 is 0. The summed E-state index contributed by atoms with van der Waals surface area (Å²) in [5.74, 6) is 1.79. The van der Waals surface area contributed by atoms with E-state index < -0.39 is 0 Å². The van der Waals surface area contributed by atoms with Crippen LogP contribution in [0.2, 0.25) is 0 Å². The van der Waals surface area contributed by atoms with E-state index in [2.05, 4.69) is 43.2 Å². The highest BCUT2D eigenvalue weighted by atomic mass is 14.9. The second-order valence-corrected chi connectivity index (χ2v) is 6.02. The number of nitrogens with one attached hydrogen (secondary N) is 1. The predicted molar refractivity (Wildman–Crippen MR) is 76.4 cm³/mol. The van der Waals surface area contributed by atoms with E-state index in [1.165, 1.54) is 31.2 Å². The molecule has 18 heavy (non-hydrogen) atoms. The lowest BCUT2D eigenvalue weighted by molar-refractivity contribution is 0.231. The fourth-order valence-electron chi connectivity index (χ4n) is 3.05. The standard InChI is InChI=1S/C16H26N2/c1-12(2)14-4-6-16(7-5-14)18-13(3)15-8-10-17-11-9-15/h8-14,16,18H,4-7H2,1-3H3. The molecule has 0 amide bonds. The highest BCUT2D eigenvalue weighted by molar-refractivity contribution is 5.14. The third kappa shape index (κ3) is 3.55. The molecule has 0 spiro atoms. The Bertz CT molecular complexity index is 339. The van der Waals surface area contributed by atoms with Gasteiger partial charge < -0.3 is 5.32 Å². The van der Waals surface area contributed by atoms with Gasteiger partial charge in [0.2, 0.25) is 0 Å². The third-order valence-corrected chi connectivity index (χ3v) is 4.41. The third-order valence-electron chi connectivity index (χ3n) is 4.41. The van der Waals surface area contributed by atoms with Crippen LogP contribution in [0.5, 0.6) is 0 Å². The molecule has 0 aromatic carbocycles. The van der Waals surface area contributed by atoms with Gasteiger partial charge in [0.1, 0.15) is 0 Å². The van der Waals surface area contributed by atoms with Crippen molar-refractivity contribution in [3.63, 3.8) is 0 Å². The summed E-state index contributed by atoms with van der Waals surface area (Å²) in [6, 6.07) is 5.35. The van der Waals surface area contributed by atoms with Gasteiger partial charge in [0, 0.05) is 24.5 Å². The van der Waals surface area contributed by atoms with Crippen molar-refractivity contribution >= 4 is 0 Å². The molecule has 1 aromatic heterocycles. The van der Waals surface area contributed by atoms with E-state index in [1.807, 2.05) is 12.4 Å². The maximum absolute atomic E-state index is 4.08. The molecule has 0 bridgehead atoms. The molecule has 0 radical (unpaired) electrons. The van der Waals surface area contributed by atoms with Crippen LogP contribution in [0.4, 0.5) is 0 Å². The predicted octanol–water partition coefficient (Wildman–Crippen LogP) is 3.95. The fourth-order valence-corrected chi connectivity index (χ4v) is 3.05. The first kappa shape index (κ1) is 13.5. The Labute approximate surface area is 111 Å². The summed E-state index contributed by atoms with van der Waals surface area (Å²) in [5, 5.41) is 3.77. The molecule has 1 unspecified atom stereocenters. The van der Waals surface area contributed by atoms with Crippen LogP contribution in [-0.4, -0.2) is 11.0 Å². The molecule has 0 saturated heterocycles. The van der Waals surface area contributed by atoms with Crippen LogP contribution in [-0.2, 0) is 0 Å². The van der Waals surface area contributed by atoms with Crippen LogP contribution in [0.3, 0.4) is 0 Å². The fraction of sp³-hybridized carbons (Fsp3) is 0.688. The van der Waals surface area contributed by atoms with Crippen molar-refractivity contribution in [1.29, 1.82) is 0 Å². The Morgan fingerprint density at radius 1 is 1.06 bits per heavy atom. The molecule has 1 N–H and O–H groups in total. The first-order valence-corrected chi connectivity index (χ1v) is 7.32. The number of nitrogens with zero attached hydrogens (tertiary/aromatic N) is 1. The summed E-state index contributed by atoms with van der Waals surface area (Å²) in [6.45, 7) is 6.97. The van der Waals surface area contributed by atoms with E-state index in [0.717, 1.165) is 11.8 Å². The maximum Gasteiger partial charge on any atom is 0.0295 e. The van der Waals surface area contributed by atoms with Gasteiger partial charge in [-0.2, -0.15) is 0 Å². The van der Waals surface area contributed by atoms with Crippen molar-refractivity contribution in [2.24, 2.45) is 11.8 Å². The molecule has 2 nitrogen and oxygen atoms in total. The molecular weight excluding hydrogens is 220 g/mol. The number of rotatable bonds is 4. The second kappa shape index (κ2) is 6.33. The molecule has 1 atom stereocenters. The van der Waals surface area contributed by atoms with Crippen molar-refractivity contribution in [3.8, 4) is 0 Å². The first-order chi connectivity index (χ1) is 8.66. The molecule has 0 aliphatic heterocycles. The molecule has 2 rings (SSSR count). The van der Waals surface area contributed by atoms with Crippen LogP contribution < -0.4 is 5.32 Å². The molecule has 100 valence electrons. The van der Waals surface area contributed by atoms with Crippen molar-refractivity contribution in [2.75, 3.05) is 0 Å². The highest BCUT2D eigenvalue weighted by Gasteiger charge is 2.24. The van der Waals surface area contributed by atoms with Gasteiger partial charge in [-0.25, -0.2) is 0 Å². The van der Waals surface area contributed by atoms with Crippen LogP contribution in [0.15, 0.2) is 24.5 Å². The van der Waals surface area contributed by atoms with E-state index in [0.29, 0.717) is 12.1 Å². The van der Waals surface area contributed by atoms with E-state index in [9.17, 15) is 0 Å². The van der Waals surface area contributed by atoms with Crippen LogP contribution in [0.1, 0.15) is 58.1 Å². The quantitative estimate of drug-likeness (QED) is 0.870. The molecule has 1 saturated carbocycles. The van der Waals surface area contributed by atoms with Gasteiger partial charge in [-0.05, 0) is 62.1 Å². The Morgan fingerprint density at radius 2 is 1.67 bits per heavy atom. The number of hydrogen-bond acceptors (Lipinski definition) is 2. The van der Waals surface area contributed by atoms with Crippen molar-refractivity contribution < 1.29 is 0 Å². The highest BCUT2D eigenvalue weighted by Crippen LogP contribution is 2.30. The Hall–Kier alpha value is -0.890. The van der Waals surface area contributed by atoms with Gasteiger partial charge in [0.25, 0.3) is 0 Å². The monoisotopic (exact) mass is 246 g/mol. The summed E-state index contributed by atoms with van der Waals surface area (Å²) < 4.78 is 0. The Morgan fingerprint density at radius 3 is 2.22 bits per heavy atom. The van der Waals surface area contributed by atoms with Crippen LogP contribution in [0, 0.1) is 11.8 Å². The summed E-state index contributed by atoms with van der Waals surface area (Å²) in [6.07, 6.45) is 9.19. The lowest BCUT2D eigenvalue weighted by atomic mass is 9.79. The topological polar surface area (TPSA) is 24.9 Å². The van der Waals surface area contributed by atoms with E-state index >= 15 is 0 Å². The first-order valence-electron chi connectivity index (χ1n) is 7.32. The molecular formula is C16H26N2. The van der Waals surface area contributed by atoms with Gasteiger partial charge in [-0.1, -0.05) is 13.8 Å². The van der Waals surface area contributed by atoms with Gasteiger partial charge in [0.05, 0.1) is 0 Å². The van der Waals surface area contributed by atoms with Crippen molar-refractivity contribution in [2.45, 2.75) is 58.5 Å². The Kier molecular flexibility index (Phi) is 4.76. The summed E-state index contributed by atoms with van der Waals surface area (Å²) in [7, 11) is 0. The molecule has 2 heteroatoms. The zero-order valence-electron chi connectivity index (χ0n) is 11.9.